The summed E-state index contributed by atoms with van der Waals surface area (Å²) in [5.74, 6) is -0.823. The largest absolute Gasteiger partial charge is 0.481 e. The van der Waals surface area contributed by atoms with Crippen LogP contribution >= 0.6 is 23.1 Å². The van der Waals surface area contributed by atoms with E-state index < -0.39 is 5.97 Å². The first-order chi connectivity index (χ1) is 9.74. The lowest BCUT2D eigenvalue weighted by molar-refractivity contribution is -0.133. The third kappa shape index (κ3) is 5.61. The Hall–Kier alpha value is -0.900. The van der Waals surface area contributed by atoms with Gasteiger partial charge in [0, 0.05) is 19.6 Å². The second-order valence-corrected chi connectivity index (χ2v) is 6.49. The van der Waals surface area contributed by atoms with E-state index in [1.807, 2.05) is 0 Å². The fourth-order valence-electron chi connectivity index (χ4n) is 1.79. The maximum atomic E-state index is 10.4. The van der Waals surface area contributed by atoms with E-state index in [0.29, 0.717) is 4.34 Å². The van der Waals surface area contributed by atoms with E-state index in [1.165, 1.54) is 23.1 Å². The van der Waals surface area contributed by atoms with E-state index in [2.05, 4.69) is 20.4 Å². The molecule has 1 aliphatic rings. The molecule has 112 valence electrons. The Morgan fingerprint density at radius 2 is 2.25 bits per heavy atom. The Kier molecular flexibility index (Phi) is 6.51. The summed E-state index contributed by atoms with van der Waals surface area (Å²) >= 11 is 2.59. The number of rotatable bonds is 8. The summed E-state index contributed by atoms with van der Waals surface area (Å²) in [4.78, 5) is 12.8. The molecule has 20 heavy (non-hydrogen) atoms. The molecule has 0 aliphatic carbocycles. The molecule has 1 saturated heterocycles. The van der Waals surface area contributed by atoms with Gasteiger partial charge in [-0.1, -0.05) is 23.1 Å². The normalized spacial score (nSPS) is 16.2. The van der Waals surface area contributed by atoms with Crippen LogP contribution in [0.25, 0.3) is 0 Å². The van der Waals surface area contributed by atoms with E-state index in [-0.39, 0.29) is 5.75 Å². The summed E-state index contributed by atoms with van der Waals surface area (Å²) in [5, 5.41) is 20.5. The van der Waals surface area contributed by atoms with Gasteiger partial charge in [0.05, 0.1) is 19.0 Å². The van der Waals surface area contributed by atoms with Crippen LogP contribution in [0.3, 0.4) is 0 Å². The van der Waals surface area contributed by atoms with Crippen molar-refractivity contribution in [2.45, 2.75) is 10.8 Å². The standard InChI is InChI=1S/C11H18N4O3S2/c16-9(17)8-19-11-14-13-10(20-11)12-2-1-3-15-4-6-18-7-5-15/h1-8H2,(H,12,13)(H,16,17). The zero-order valence-corrected chi connectivity index (χ0v) is 12.7. The Morgan fingerprint density at radius 1 is 1.45 bits per heavy atom. The van der Waals surface area contributed by atoms with Crippen LogP contribution in [0.4, 0.5) is 5.13 Å². The third-order valence-corrected chi connectivity index (χ3v) is 4.76. The van der Waals surface area contributed by atoms with Crippen LogP contribution < -0.4 is 5.32 Å². The van der Waals surface area contributed by atoms with Crippen molar-refractivity contribution < 1.29 is 14.6 Å². The summed E-state index contributed by atoms with van der Waals surface area (Å²) in [6.07, 6.45) is 1.04. The predicted octanol–water partition coefficient (Wildman–Crippen LogP) is 0.849. The Morgan fingerprint density at radius 3 is 3.00 bits per heavy atom. The van der Waals surface area contributed by atoms with Crippen LogP contribution in [-0.4, -0.2) is 71.3 Å². The maximum absolute atomic E-state index is 10.4. The van der Waals surface area contributed by atoms with E-state index in [0.717, 1.165) is 50.9 Å². The van der Waals surface area contributed by atoms with Crippen molar-refractivity contribution in [1.29, 1.82) is 0 Å². The highest BCUT2D eigenvalue weighted by Crippen LogP contribution is 2.25. The number of aromatic nitrogens is 2. The summed E-state index contributed by atoms with van der Waals surface area (Å²) in [6, 6.07) is 0. The van der Waals surface area contributed by atoms with Crippen LogP contribution in [0, 0.1) is 0 Å². The molecule has 0 radical (unpaired) electrons. The number of carboxylic acids is 1. The van der Waals surface area contributed by atoms with E-state index >= 15 is 0 Å². The number of hydrogen-bond donors (Lipinski definition) is 2. The number of aliphatic carboxylic acids is 1. The number of ether oxygens (including phenoxy) is 1. The number of nitrogens with one attached hydrogen (secondary N) is 1. The molecule has 0 amide bonds. The Balaban J connectivity index is 1.60. The van der Waals surface area contributed by atoms with Gasteiger partial charge in [-0.25, -0.2) is 0 Å². The minimum Gasteiger partial charge on any atom is -0.481 e. The molecule has 0 bridgehead atoms. The van der Waals surface area contributed by atoms with Gasteiger partial charge in [0.15, 0.2) is 4.34 Å². The third-order valence-electron chi connectivity index (χ3n) is 2.76. The first-order valence-electron chi connectivity index (χ1n) is 6.46. The fourth-order valence-corrected chi connectivity index (χ4v) is 3.28. The van der Waals surface area contributed by atoms with Crippen LogP contribution in [0.5, 0.6) is 0 Å². The molecule has 2 N–H and O–H groups in total. The van der Waals surface area contributed by atoms with Crippen molar-refractivity contribution in [2.24, 2.45) is 0 Å². The zero-order valence-electron chi connectivity index (χ0n) is 11.1. The highest BCUT2D eigenvalue weighted by atomic mass is 32.2. The Bertz CT molecular complexity index is 424. The topological polar surface area (TPSA) is 87.6 Å². The molecular formula is C11H18N4O3S2. The van der Waals surface area contributed by atoms with Gasteiger partial charge in [-0.3, -0.25) is 9.69 Å². The average molecular weight is 318 g/mol. The van der Waals surface area contributed by atoms with Gasteiger partial charge in [-0.2, -0.15) is 0 Å². The van der Waals surface area contributed by atoms with Gasteiger partial charge >= 0.3 is 5.97 Å². The number of hydrogen-bond acceptors (Lipinski definition) is 8. The summed E-state index contributed by atoms with van der Waals surface area (Å²) < 4.78 is 5.98. The quantitative estimate of drug-likeness (QED) is 0.539. The Labute approximate surface area is 125 Å². The van der Waals surface area contributed by atoms with E-state index in [9.17, 15) is 4.79 Å². The first-order valence-corrected chi connectivity index (χ1v) is 8.26. The van der Waals surface area contributed by atoms with Crippen LogP contribution in [0.2, 0.25) is 0 Å². The lowest BCUT2D eigenvalue weighted by atomic mass is 10.3. The molecule has 7 nitrogen and oxygen atoms in total. The van der Waals surface area contributed by atoms with Gasteiger partial charge in [0.2, 0.25) is 5.13 Å². The van der Waals surface area contributed by atoms with Gasteiger partial charge in [-0.05, 0) is 13.0 Å². The summed E-state index contributed by atoms with van der Waals surface area (Å²) in [7, 11) is 0. The first kappa shape index (κ1) is 15.5. The second kappa shape index (κ2) is 8.40. The molecule has 0 atom stereocenters. The predicted molar refractivity (Wildman–Crippen MR) is 78.6 cm³/mol. The summed E-state index contributed by atoms with van der Waals surface area (Å²) in [6.45, 7) is 5.57. The van der Waals surface area contributed by atoms with E-state index in [4.69, 9.17) is 9.84 Å². The maximum Gasteiger partial charge on any atom is 0.313 e. The number of anilines is 1. The minimum atomic E-state index is -0.842. The molecule has 1 aromatic heterocycles. The molecule has 2 heterocycles. The number of thioether (sulfide) groups is 1. The molecule has 0 spiro atoms. The molecule has 1 aliphatic heterocycles. The number of carbonyl (C=O) groups is 1. The van der Waals surface area contributed by atoms with Crippen molar-refractivity contribution in [3.63, 3.8) is 0 Å². The molecule has 0 aromatic carbocycles. The minimum absolute atomic E-state index is 0.0195. The van der Waals surface area contributed by atoms with Crippen LogP contribution in [-0.2, 0) is 9.53 Å². The molecule has 2 rings (SSSR count). The van der Waals surface area contributed by atoms with Gasteiger partial charge in [0.1, 0.15) is 0 Å². The number of morpholine rings is 1. The number of carboxylic acid groups (broad SMARTS) is 1. The summed E-state index contributed by atoms with van der Waals surface area (Å²) in [5.41, 5.74) is 0. The zero-order chi connectivity index (χ0) is 14.2. The van der Waals surface area contributed by atoms with E-state index in [1.54, 1.807) is 0 Å². The van der Waals surface area contributed by atoms with Crippen molar-refractivity contribution in [3.8, 4) is 0 Å². The highest BCUT2D eigenvalue weighted by molar-refractivity contribution is 8.01. The molecule has 0 saturated carbocycles. The molecule has 1 aromatic rings. The van der Waals surface area contributed by atoms with Crippen molar-refractivity contribution in [1.82, 2.24) is 15.1 Å². The lowest BCUT2D eigenvalue weighted by Gasteiger charge is -2.26. The van der Waals surface area contributed by atoms with Gasteiger partial charge in [-0.15, -0.1) is 10.2 Å². The fraction of sp³-hybridized carbons (Fsp3) is 0.727. The number of nitrogens with zero attached hydrogens (tertiary/aromatic N) is 3. The smallest absolute Gasteiger partial charge is 0.313 e. The molecular weight excluding hydrogens is 300 g/mol. The second-order valence-electron chi connectivity index (χ2n) is 4.29. The van der Waals surface area contributed by atoms with Crippen LogP contribution in [0.15, 0.2) is 4.34 Å². The molecule has 0 unspecified atom stereocenters. The molecule has 9 heteroatoms. The van der Waals surface area contributed by atoms with Gasteiger partial charge in [0.25, 0.3) is 0 Å². The monoisotopic (exact) mass is 318 g/mol. The van der Waals surface area contributed by atoms with Crippen molar-refractivity contribution >= 4 is 34.2 Å². The van der Waals surface area contributed by atoms with Crippen molar-refractivity contribution in [3.05, 3.63) is 0 Å². The SMILES string of the molecule is O=C(O)CSc1nnc(NCCCN2CCOCC2)s1. The highest BCUT2D eigenvalue weighted by Gasteiger charge is 2.10. The van der Waals surface area contributed by atoms with Crippen LogP contribution in [0.1, 0.15) is 6.42 Å². The molecule has 1 fully saturated rings. The average Bonchev–Trinajstić information content (AvgIpc) is 2.90. The van der Waals surface area contributed by atoms with Crippen molar-refractivity contribution in [2.75, 3.05) is 50.5 Å². The van der Waals surface area contributed by atoms with Gasteiger partial charge < -0.3 is 15.2 Å². The lowest BCUT2D eigenvalue weighted by Crippen LogP contribution is -2.37.